The number of benzene rings is 2. The molecule has 4 rings (SSSR count). The molecule has 0 N–H and O–H groups in total. The molecule has 184 valence electrons. The van der Waals surface area contributed by atoms with Gasteiger partial charge in [-0.3, -0.25) is 4.79 Å². The molecule has 2 fully saturated rings. The minimum Gasteiger partial charge on any atom is -0.491 e. The van der Waals surface area contributed by atoms with Crippen LogP contribution in [0.2, 0.25) is 0 Å². The molecule has 2 aromatic carbocycles. The fourth-order valence-electron chi connectivity index (χ4n) is 4.67. The zero-order valence-electron chi connectivity index (χ0n) is 20.5. The number of carbonyl (C=O) groups excluding carboxylic acids is 1. The molecular formula is C26H34N2O5S. The van der Waals surface area contributed by atoms with Crippen molar-refractivity contribution in [3.8, 4) is 5.75 Å². The van der Waals surface area contributed by atoms with E-state index >= 15 is 0 Å². The molecule has 2 heterocycles. The van der Waals surface area contributed by atoms with Gasteiger partial charge in [0.15, 0.2) is 0 Å². The van der Waals surface area contributed by atoms with Crippen LogP contribution in [0.4, 0.5) is 0 Å². The summed E-state index contributed by atoms with van der Waals surface area (Å²) in [5, 5.41) is 0. The summed E-state index contributed by atoms with van der Waals surface area (Å²) in [6.07, 6.45) is 2.23. The Labute approximate surface area is 202 Å². The molecule has 2 aliphatic rings. The Morgan fingerprint density at radius 2 is 1.62 bits per heavy atom. The predicted octanol–water partition coefficient (Wildman–Crippen LogP) is 3.62. The number of sulfonamides is 1. The Morgan fingerprint density at radius 1 is 1.00 bits per heavy atom. The highest BCUT2D eigenvalue weighted by atomic mass is 32.2. The molecule has 0 saturated carbocycles. The zero-order valence-corrected chi connectivity index (χ0v) is 21.3. The van der Waals surface area contributed by atoms with Crippen molar-refractivity contribution in [3.63, 3.8) is 0 Å². The number of aryl methyl sites for hydroxylation is 2. The number of ether oxygens (including phenoxy) is 2. The normalized spacial score (nSPS) is 19.4. The van der Waals surface area contributed by atoms with Crippen molar-refractivity contribution in [3.05, 3.63) is 58.1 Å². The molecule has 2 saturated heterocycles. The van der Waals surface area contributed by atoms with E-state index < -0.39 is 10.0 Å². The van der Waals surface area contributed by atoms with Crippen molar-refractivity contribution in [2.45, 2.75) is 51.5 Å². The number of carbonyl (C=O) groups is 1. The fourth-order valence-corrected chi connectivity index (χ4v) is 6.67. The van der Waals surface area contributed by atoms with E-state index in [1.54, 1.807) is 29.2 Å². The molecule has 0 aliphatic carbocycles. The van der Waals surface area contributed by atoms with Gasteiger partial charge in [-0.1, -0.05) is 6.07 Å². The summed E-state index contributed by atoms with van der Waals surface area (Å²) < 4.78 is 39.8. The van der Waals surface area contributed by atoms with Gasteiger partial charge in [-0.25, -0.2) is 8.42 Å². The first-order valence-electron chi connectivity index (χ1n) is 11.9. The van der Waals surface area contributed by atoms with Gasteiger partial charge in [-0.15, -0.1) is 0 Å². The number of amides is 1. The number of nitrogens with zero attached hydrogens (tertiary/aromatic N) is 2. The van der Waals surface area contributed by atoms with Gasteiger partial charge in [0.05, 0.1) is 11.0 Å². The second-order valence-corrected chi connectivity index (χ2v) is 11.1. The third-order valence-electron chi connectivity index (χ3n) is 6.98. The second-order valence-electron chi connectivity index (χ2n) is 9.26. The summed E-state index contributed by atoms with van der Waals surface area (Å²) in [6, 6.07) is 9.15. The van der Waals surface area contributed by atoms with Crippen LogP contribution >= 0.6 is 0 Å². The molecule has 2 aromatic rings. The van der Waals surface area contributed by atoms with Gasteiger partial charge in [0, 0.05) is 38.3 Å². The number of hydrogen-bond acceptors (Lipinski definition) is 5. The van der Waals surface area contributed by atoms with Crippen LogP contribution in [-0.4, -0.2) is 69.0 Å². The van der Waals surface area contributed by atoms with Crippen molar-refractivity contribution in [1.82, 2.24) is 9.21 Å². The number of hydrogen-bond donors (Lipinski definition) is 0. The molecule has 0 spiro atoms. The minimum atomic E-state index is -3.63. The summed E-state index contributed by atoms with van der Waals surface area (Å²) >= 11 is 0. The molecule has 8 heteroatoms. The predicted molar refractivity (Wildman–Crippen MR) is 131 cm³/mol. The molecule has 7 nitrogen and oxygen atoms in total. The first kappa shape index (κ1) is 24.7. The summed E-state index contributed by atoms with van der Waals surface area (Å²) in [6.45, 7) is 10.2. The van der Waals surface area contributed by atoms with Crippen molar-refractivity contribution in [2.75, 3.05) is 39.4 Å². The van der Waals surface area contributed by atoms with Crippen LogP contribution in [0.3, 0.4) is 0 Å². The third kappa shape index (κ3) is 4.99. The van der Waals surface area contributed by atoms with Gasteiger partial charge in [-0.2, -0.15) is 4.31 Å². The number of rotatable bonds is 6. The van der Waals surface area contributed by atoms with Gasteiger partial charge in [0.1, 0.15) is 12.4 Å². The molecule has 1 atom stereocenters. The van der Waals surface area contributed by atoms with Gasteiger partial charge < -0.3 is 14.4 Å². The lowest BCUT2D eigenvalue weighted by Gasteiger charge is -2.35. The van der Waals surface area contributed by atoms with Gasteiger partial charge >= 0.3 is 0 Å². The summed E-state index contributed by atoms with van der Waals surface area (Å²) in [4.78, 5) is 15.1. The fraction of sp³-hybridized carbons (Fsp3) is 0.500. The van der Waals surface area contributed by atoms with Crippen LogP contribution < -0.4 is 4.74 Å². The van der Waals surface area contributed by atoms with E-state index in [0.717, 1.165) is 41.7 Å². The Hall–Kier alpha value is -2.42. The minimum absolute atomic E-state index is 0.0958. The maximum atomic E-state index is 13.5. The molecule has 2 aliphatic heterocycles. The third-order valence-corrected chi connectivity index (χ3v) is 9.16. The lowest BCUT2D eigenvalue weighted by atomic mass is 10.0. The van der Waals surface area contributed by atoms with Crippen molar-refractivity contribution in [2.24, 2.45) is 0 Å². The monoisotopic (exact) mass is 486 g/mol. The first-order valence-corrected chi connectivity index (χ1v) is 13.3. The lowest BCUT2D eigenvalue weighted by Crippen LogP contribution is -2.50. The maximum Gasteiger partial charge on any atom is 0.253 e. The Bertz CT molecular complexity index is 1120. The molecule has 0 radical (unpaired) electrons. The van der Waals surface area contributed by atoms with Gasteiger partial charge in [0.25, 0.3) is 5.91 Å². The topological polar surface area (TPSA) is 76.2 Å². The Balaban J connectivity index is 1.38. The van der Waals surface area contributed by atoms with E-state index in [9.17, 15) is 13.2 Å². The van der Waals surface area contributed by atoms with Crippen LogP contribution in [-0.2, 0) is 14.8 Å². The lowest BCUT2D eigenvalue weighted by molar-refractivity contribution is 0.0676. The van der Waals surface area contributed by atoms with Crippen molar-refractivity contribution < 1.29 is 22.7 Å². The second kappa shape index (κ2) is 10.1. The van der Waals surface area contributed by atoms with Gasteiger partial charge in [-0.05, 0) is 87.1 Å². The van der Waals surface area contributed by atoms with Crippen LogP contribution in [0, 0.1) is 27.7 Å². The van der Waals surface area contributed by atoms with Crippen molar-refractivity contribution >= 4 is 15.9 Å². The van der Waals surface area contributed by atoms with E-state index in [4.69, 9.17) is 9.47 Å². The zero-order chi connectivity index (χ0) is 24.5. The van der Waals surface area contributed by atoms with E-state index in [2.05, 4.69) is 0 Å². The molecular weight excluding hydrogens is 452 g/mol. The largest absolute Gasteiger partial charge is 0.491 e. The molecule has 0 bridgehead atoms. The highest BCUT2D eigenvalue weighted by Crippen LogP contribution is 2.29. The van der Waals surface area contributed by atoms with Crippen LogP contribution in [0.25, 0.3) is 0 Å². The average molecular weight is 487 g/mol. The van der Waals surface area contributed by atoms with Gasteiger partial charge in [0.2, 0.25) is 10.0 Å². The molecule has 1 unspecified atom stereocenters. The van der Waals surface area contributed by atoms with Crippen LogP contribution in [0.1, 0.15) is 45.5 Å². The number of piperazine rings is 1. The summed E-state index contributed by atoms with van der Waals surface area (Å²) in [5.41, 5.74) is 4.10. The van der Waals surface area contributed by atoms with E-state index in [1.807, 2.05) is 33.8 Å². The molecule has 1 amide bonds. The van der Waals surface area contributed by atoms with E-state index in [-0.39, 0.29) is 25.1 Å². The summed E-state index contributed by atoms with van der Waals surface area (Å²) in [7, 11) is -3.63. The molecule has 34 heavy (non-hydrogen) atoms. The van der Waals surface area contributed by atoms with E-state index in [0.29, 0.717) is 35.9 Å². The maximum absolute atomic E-state index is 13.5. The summed E-state index contributed by atoms with van der Waals surface area (Å²) in [5.74, 6) is 0.614. The average Bonchev–Trinajstić information content (AvgIpc) is 3.35. The SMILES string of the molecule is Cc1cc(C)c(C)c(S(=O)(=O)N2CCN(C(=O)c3ccc(OCC4CCCO4)cc3)CC2)c1C. The van der Waals surface area contributed by atoms with Crippen LogP contribution in [0.5, 0.6) is 5.75 Å². The smallest absolute Gasteiger partial charge is 0.253 e. The quantitative estimate of drug-likeness (QED) is 0.623. The Morgan fingerprint density at radius 3 is 2.18 bits per heavy atom. The highest BCUT2D eigenvalue weighted by Gasteiger charge is 2.33. The molecule has 0 aromatic heterocycles. The Kier molecular flexibility index (Phi) is 7.31. The van der Waals surface area contributed by atoms with Crippen molar-refractivity contribution in [1.29, 1.82) is 0 Å². The standard InChI is InChI=1S/C26H34N2O5S/c1-18-16-19(2)21(4)25(20(18)3)34(30,31)28-13-11-27(12-14-28)26(29)22-7-9-23(10-8-22)33-17-24-6-5-15-32-24/h7-10,16,24H,5-6,11-15,17H2,1-4H3. The first-order chi connectivity index (χ1) is 16.2. The van der Waals surface area contributed by atoms with Crippen LogP contribution in [0.15, 0.2) is 35.2 Å². The van der Waals surface area contributed by atoms with E-state index in [1.165, 1.54) is 4.31 Å². The highest BCUT2D eigenvalue weighted by molar-refractivity contribution is 7.89.